The number of hydrogen-bond acceptors (Lipinski definition) is 6. The molecule has 7 heteroatoms. The molecule has 1 atom stereocenters. The number of nitrogens with zero attached hydrogens (tertiary/aromatic N) is 3. The Morgan fingerprint density at radius 1 is 1.09 bits per heavy atom. The first-order valence-electron chi connectivity index (χ1n) is 11.5. The highest BCUT2D eigenvalue weighted by Gasteiger charge is 2.34. The van der Waals surface area contributed by atoms with E-state index in [1.165, 1.54) is 11.9 Å². The Labute approximate surface area is 200 Å². The summed E-state index contributed by atoms with van der Waals surface area (Å²) in [6.45, 7) is 12.6. The van der Waals surface area contributed by atoms with Crippen molar-refractivity contribution < 1.29 is 14.3 Å². The van der Waals surface area contributed by atoms with Crippen molar-refractivity contribution in [2.45, 2.75) is 65.7 Å². The van der Waals surface area contributed by atoms with Gasteiger partial charge >= 0.3 is 5.97 Å². The predicted molar refractivity (Wildman–Crippen MR) is 132 cm³/mol. The van der Waals surface area contributed by atoms with Gasteiger partial charge in [0.25, 0.3) is 0 Å². The molecule has 1 aliphatic rings. The summed E-state index contributed by atoms with van der Waals surface area (Å²) in [4.78, 5) is 17.2. The van der Waals surface area contributed by atoms with Crippen LogP contribution in [-0.2, 0) is 21.6 Å². The lowest BCUT2D eigenvalue weighted by Gasteiger charge is -2.28. The smallest absolute Gasteiger partial charge is 0.338 e. The summed E-state index contributed by atoms with van der Waals surface area (Å²) >= 11 is 0. The first-order valence-corrected chi connectivity index (χ1v) is 11.5. The Morgan fingerprint density at radius 2 is 1.76 bits per heavy atom. The molecule has 0 aliphatic carbocycles. The highest BCUT2D eigenvalue weighted by atomic mass is 16.5. The number of esters is 1. The average molecular weight is 461 g/mol. The Bertz CT molecular complexity index is 1190. The molecule has 1 N–H and O–H groups in total. The average Bonchev–Trinajstić information content (AvgIpc) is 3.24. The van der Waals surface area contributed by atoms with Crippen LogP contribution in [0.2, 0.25) is 0 Å². The molecule has 34 heavy (non-hydrogen) atoms. The lowest BCUT2D eigenvalue weighted by atomic mass is 9.87. The molecule has 0 spiro atoms. The van der Waals surface area contributed by atoms with Crippen molar-refractivity contribution in [3.63, 3.8) is 0 Å². The maximum atomic E-state index is 12.9. The van der Waals surface area contributed by atoms with E-state index in [-0.39, 0.29) is 17.5 Å². The summed E-state index contributed by atoms with van der Waals surface area (Å²) in [5, 5.41) is 7.50. The van der Waals surface area contributed by atoms with E-state index < -0.39 is 6.04 Å². The van der Waals surface area contributed by atoms with Gasteiger partial charge < -0.3 is 14.8 Å². The second-order valence-electron chi connectivity index (χ2n) is 9.85. The molecule has 3 aromatic rings. The summed E-state index contributed by atoms with van der Waals surface area (Å²) in [5.41, 5.74) is 4.64. The molecule has 0 saturated carbocycles. The maximum absolute atomic E-state index is 12.9. The molecule has 1 unspecified atom stereocenters. The molecule has 1 aromatic heterocycles. The lowest BCUT2D eigenvalue weighted by molar-refractivity contribution is -0.143. The van der Waals surface area contributed by atoms with Crippen molar-refractivity contribution in [2.24, 2.45) is 0 Å². The van der Waals surface area contributed by atoms with E-state index in [0.717, 1.165) is 16.9 Å². The summed E-state index contributed by atoms with van der Waals surface area (Å²) < 4.78 is 13.2. The van der Waals surface area contributed by atoms with Crippen molar-refractivity contribution in [3.05, 3.63) is 82.8 Å². The van der Waals surface area contributed by atoms with Crippen LogP contribution in [0.1, 0.15) is 64.3 Å². The van der Waals surface area contributed by atoms with Crippen LogP contribution in [0.15, 0.2) is 66.1 Å². The van der Waals surface area contributed by atoms with E-state index in [0.29, 0.717) is 23.8 Å². The van der Waals surface area contributed by atoms with Gasteiger partial charge in [-0.2, -0.15) is 10.1 Å². The van der Waals surface area contributed by atoms with Gasteiger partial charge in [-0.25, -0.2) is 9.48 Å². The first kappa shape index (κ1) is 23.5. The van der Waals surface area contributed by atoms with Crippen LogP contribution in [0.25, 0.3) is 0 Å². The molecule has 1 aliphatic heterocycles. The summed E-state index contributed by atoms with van der Waals surface area (Å²) in [6, 6.07) is 15.8. The second kappa shape index (κ2) is 9.33. The van der Waals surface area contributed by atoms with E-state index >= 15 is 0 Å². The van der Waals surface area contributed by atoms with Crippen molar-refractivity contribution in [1.82, 2.24) is 14.8 Å². The number of carbonyl (C=O) groups is 1. The fraction of sp³-hybridized carbons (Fsp3) is 0.370. The lowest BCUT2D eigenvalue weighted by Crippen LogP contribution is -2.30. The summed E-state index contributed by atoms with van der Waals surface area (Å²) in [7, 11) is 0. The Kier molecular flexibility index (Phi) is 6.46. The zero-order valence-corrected chi connectivity index (χ0v) is 20.6. The minimum atomic E-state index is -0.441. The maximum Gasteiger partial charge on any atom is 0.338 e. The minimum Gasteiger partial charge on any atom is -0.489 e. The van der Waals surface area contributed by atoms with Crippen LogP contribution in [0.5, 0.6) is 5.75 Å². The molecular weight excluding hydrogens is 428 g/mol. The topological polar surface area (TPSA) is 78.3 Å². The van der Waals surface area contributed by atoms with Crippen LogP contribution in [0.3, 0.4) is 0 Å². The third-order valence-electron chi connectivity index (χ3n) is 5.78. The van der Waals surface area contributed by atoms with Gasteiger partial charge in [0.05, 0.1) is 11.7 Å². The third kappa shape index (κ3) is 4.98. The molecule has 0 saturated heterocycles. The van der Waals surface area contributed by atoms with Crippen molar-refractivity contribution >= 4 is 11.9 Å². The molecule has 7 nitrogen and oxygen atoms in total. The van der Waals surface area contributed by atoms with Crippen LogP contribution in [0, 0.1) is 0 Å². The quantitative estimate of drug-likeness (QED) is 0.497. The summed E-state index contributed by atoms with van der Waals surface area (Å²) in [6.07, 6.45) is 1.25. The number of allylic oxidation sites excluding steroid dienone is 1. The van der Waals surface area contributed by atoms with Crippen molar-refractivity contribution in [2.75, 3.05) is 5.32 Å². The molecular formula is C27H32N4O3. The van der Waals surface area contributed by atoms with Gasteiger partial charge in [-0.15, -0.1) is 0 Å². The van der Waals surface area contributed by atoms with E-state index in [4.69, 9.17) is 9.47 Å². The van der Waals surface area contributed by atoms with Gasteiger partial charge in [0, 0.05) is 5.70 Å². The first-order chi connectivity index (χ1) is 16.1. The molecule has 0 radical (unpaired) electrons. The zero-order valence-electron chi connectivity index (χ0n) is 20.6. The molecule has 2 heterocycles. The number of rotatable bonds is 6. The molecule has 0 fully saturated rings. The van der Waals surface area contributed by atoms with E-state index in [1.807, 2.05) is 45.0 Å². The Balaban J connectivity index is 1.53. The van der Waals surface area contributed by atoms with Crippen molar-refractivity contribution in [1.29, 1.82) is 0 Å². The summed E-state index contributed by atoms with van der Waals surface area (Å²) in [5.74, 6) is 0.969. The van der Waals surface area contributed by atoms with Gasteiger partial charge in [-0.05, 0) is 55.0 Å². The third-order valence-corrected chi connectivity index (χ3v) is 5.78. The highest BCUT2D eigenvalue weighted by molar-refractivity contribution is 5.92. The van der Waals surface area contributed by atoms with Gasteiger partial charge in [0.15, 0.2) is 0 Å². The second-order valence-corrected chi connectivity index (χ2v) is 9.85. The molecule has 178 valence electrons. The van der Waals surface area contributed by atoms with E-state index in [9.17, 15) is 4.79 Å². The number of ether oxygens (including phenoxy) is 2. The fourth-order valence-corrected chi connectivity index (χ4v) is 3.96. The SMILES string of the molecule is CC1=C(C(=O)OC(C)C)C(c2ccc(OCc3ccc(C(C)(C)C)cc3)cc2)n2ncnc2N1. The number of aromatic nitrogens is 3. The molecule has 0 bridgehead atoms. The zero-order chi connectivity index (χ0) is 24.5. The fourth-order valence-electron chi connectivity index (χ4n) is 3.96. The number of benzene rings is 2. The monoisotopic (exact) mass is 460 g/mol. The van der Waals surface area contributed by atoms with Crippen LogP contribution >= 0.6 is 0 Å². The normalized spacial score (nSPS) is 15.7. The minimum absolute atomic E-state index is 0.126. The molecule has 4 rings (SSSR count). The van der Waals surface area contributed by atoms with Crippen LogP contribution in [-0.4, -0.2) is 26.8 Å². The Hall–Kier alpha value is -3.61. The number of nitrogens with one attached hydrogen (secondary N) is 1. The number of hydrogen-bond donors (Lipinski definition) is 1. The molecule has 2 aromatic carbocycles. The predicted octanol–water partition coefficient (Wildman–Crippen LogP) is 5.40. The van der Waals surface area contributed by atoms with Gasteiger partial charge in [0.1, 0.15) is 24.7 Å². The van der Waals surface area contributed by atoms with Gasteiger partial charge in [-0.3, -0.25) is 0 Å². The van der Waals surface area contributed by atoms with Crippen LogP contribution in [0.4, 0.5) is 5.95 Å². The Morgan fingerprint density at radius 3 is 2.38 bits per heavy atom. The van der Waals surface area contributed by atoms with Gasteiger partial charge in [0.2, 0.25) is 5.95 Å². The number of carbonyl (C=O) groups excluding carboxylic acids is 1. The van der Waals surface area contributed by atoms with Gasteiger partial charge in [-0.1, -0.05) is 57.2 Å². The van der Waals surface area contributed by atoms with Crippen LogP contribution < -0.4 is 10.1 Å². The number of anilines is 1. The highest BCUT2D eigenvalue weighted by Crippen LogP contribution is 2.36. The molecule has 0 amide bonds. The van der Waals surface area contributed by atoms with E-state index in [1.54, 1.807) is 4.68 Å². The standard InChI is InChI=1S/C27H32N4O3/c1-17(2)34-25(32)23-18(3)30-26-28-16-29-31(26)24(23)20-9-13-22(14-10-20)33-15-19-7-11-21(12-8-19)27(4,5)6/h7-14,16-17,24H,15H2,1-6H3,(H,28,29,30). The van der Waals surface area contributed by atoms with E-state index in [2.05, 4.69) is 60.4 Å². The number of fused-ring (bicyclic) bond motifs is 1. The van der Waals surface area contributed by atoms with Crippen molar-refractivity contribution in [3.8, 4) is 5.75 Å². The largest absolute Gasteiger partial charge is 0.489 e.